The second-order valence-corrected chi connectivity index (χ2v) is 7.03. The number of para-hydroxylation sites is 1. The van der Waals surface area contributed by atoms with Crippen molar-refractivity contribution in [3.8, 4) is 0 Å². The average molecular weight is 385 g/mol. The summed E-state index contributed by atoms with van der Waals surface area (Å²) in [6.07, 6.45) is 0. The van der Waals surface area contributed by atoms with Crippen LogP contribution in [0.5, 0.6) is 0 Å². The number of ketones is 1. The summed E-state index contributed by atoms with van der Waals surface area (Å²) >= 11 is 1.54. The van der Waals surface area contributed by atoms with Crippen LogP contribution in [-0.2, 0) is 20.9 Å². The highest BCUT2D eigenvalue weighted by atomic mass is 32.1. The maximum Gasteiger partial charge on any atom is 0.299 e. The third-order valence-electron chi connectivity index (χ3n) is 4.28. The van der Waals surface area contributed by atoms with Gasteiger partial charge in [0.05, 0.1) is 24.3 Å². The summed E-state index contributed by atoms with van der Waals surface area (Å²) in [6, 6.07) is 10.4. The van der Waals surface area contributed by atoms with E-state index in [4.69, 9.17) is 0 Å². The smallest absolute Gasteiger partial charge is 0.299 e. The molecular weight excluding hydrogens is 366 g/mol. The lowest BCUT2D eigenvalue weighted by Gasteiger charge is -2.23. The molecule has 8 heteroatoms. The van der Waals surface area contributed by atoms with Crippen LogP contribution in [0, 0.1) is 0 Å². The van der Waals surface area contributed by atoms with E-state index in [0.29, 0.717) is 24.3 Å². The lowest BCUT2D eigenvalue weighted by molar-refractivity contribution is -0.135. The van der Waals surface area contributed by atoms with Crippen molar-refractivity contribution in [2.45, 2.75) is 13.5 Å². The van der Waals surface area contributed by atoms with Gasteiger partial charge in [-0.3, -0.25) is 24.1 Å². The first-order valence-corrected chi connectivity index (χ1v) is 9.41. The summed E-state index contributed by atoms with van der Waals surface area (Å²) < 4.78 is 0. The van der Waals surface area contributed by atoms with Crippen LogP contribution in [-0.4, -0.2) is 48.0 Å². The van der Waals surface area contributed by atoms with E-state index >= 15 is 0 Å². The molecule has 0 radical (unpaired) electrons. The number of hydrogen-bond acceptors (Lipinski definition) is 5. The van der Waals surface area contributed by atoms with Crippen LogP contribution in [0.25, 0.3) is 0 Å². The summed E-state index contributed by atoms with van der Waals surface area (Å²) in [5, 5.41) is 4.70. The SMILES string of the molecule is CCN(CC(=O)NCc1cccs1)C(=O)CN1C(=O)C(=O)c2ccccc21. The molecular formula is C19H19N3O4S. The molecule has 2 heterocycles. The van der Waals surface area contributed by atoms with Gasteiger partial charge in [-0.05, 0) is 30.5 Å². The normalized spacial score (nSPS) is 12.9. The quantitative estimate of drug-likeness (QED) is 0.731. The highest BCUT2D eigenvalue weighted by Gasteiger charge is 2.37. The molecule has 0 fully saturated rings. The van der Waals surface area contributed by atoms with E-state index < -0.39 is 11.7 Å². The minimum absolute atomic E-state index is 0.0989. The Hall–Kier alpha value is -3.00. The lowest BCUT2D eigenvalue weighted by atomic mass is 10.1. The monoisotopic (exact) mass is 385 g/mol. The summed E-state index contributed by atoms with van der Waals surface area (Å²) in [4.78, 5) is 52.5. The van der Waals surface area contributed by atoms with Crippen molar-refractivity contribution in [1.82, 2.24) is 10.2 Å². The van der Waals surface area contributed by atoms with Gasteiger partial charge in [0.25, 0.3) is 11.7 Å². The van der Waals surface area contributed by atoms with E-state index in [1.54, 1.807) is 31.2 Å². The Morgan fingerprint density at radius 1 is 1.15 bits per heavy atom. The number of Topliss-reactive ketones (excluding diaryl/α,β-unsaturated/α-hetero) is 1. The predicted molar refractivity (Wildman–Crippen MR) is 102 cm³/mol. The van der Waals surface area contributed by atoms with Gasteiger partial charge in [0.1, 0.15) is 6.54 Å². The Morgan fingerprint density at radius 2 is 1.93 bits per heavy atom. The largest absolute Gasteiger partial charge is 0.350 e. The topological polar surface area (TPSA) is 86.8 Å². The molecule has 0 atom stereocenters. The van der Waals surface area contributed by atoms with Gasteiger partial charge in [-0.15, -0.1) is 11.3 Å². The molecule has 0 bridgehead atoms. The van der Waals surface area contributed by atoms with Crippen LogP contribution >= 0.6 is 11.3 Å². The molecule has 27 heavy (non-hydrogen) atoms. The number of thiophene rings is 1. The maximum atomic E-state index is 12.6. The molecule has 7 nitrogen and oxygen atoms in total. The highest BCUT2D eigenvalue weighted by molar-refractivity contribution is 7.09. The molecule has 1 aromatic heterocycles. The number of carbonyl (C=O) groups is 4. The van der Waals surface area contributed by atoms with Crippen molar-refractivity contribution in [2.75, 3.05) is 24.5 Å². The number of likely N-dealkylation sites (N-methyl/N-ethyl adjacent to an activating group) is 1. The summed E-state index contributed by atoms with van der Waals surface area (Å²) in [5.41, 5.74) is 0.728. The average Bonchev–Trinajstić information content (AvgIpc) is 3.28. The first-order chi connectivity index (χ1) is 13.0. The fraction of sp³-hybridized carbons (Fsp3) is 0.263. The van der Waals surface area contributed by atoms with E-state index in [2.05, 4.69) is 5.32 Å². The molecule has 3 amide bonds. The molecule has 3 rings (SSSR count). The van der Waals surface area contributed by atoms with Crippen molar-refractivity contribution in [3.05, 3.63) is 52.2 Å². The van der Waals surface area contributed by atoms with Crippen molar-refractivity contribution in [1.29, 1.82) is 0 Å². The fourth-order valence-electron chi connectivity index (χ4n) is 2.84. The number of anilines is 1. The van der Waals surface area contributed by atoms with Gasteiger partial charge in [-0.25, -0.2) is 0 Å². The Bertz CT molecular complexity index is 879. The molecule has 0 saturated heterocycles. The Balaban J connectivity index is 1.61. The Kier molecular flexibility index (Phi) is 5.66. The number of carbonyl (C=O) groups excluding carboxylic acids is 4. The number of rotatable bonds is 7. The van der Waals surface area contributed by atoms with Gasteiger partial charge in [0.15, 0.2) is 0 Å². The summed E-state index contributed by atoms with van der Waals surface area (Å²) in [6.45, 7) is 2.12. The number of amides is 3. The van der Waals surface area contributed by atoms with E-state index in [1.165, 1.54) is 21.1 Å². The van der Waals surface area contributed by atoms with Crippen LogP contribution in [0.15, 0.2) is 41.8 Å². The van der Waals surface area contributed by atoms with Crippen molar-refractivity contribution >= 4 is 40.5 Å². The van der Waals surface area contributed by atoms with E-state index in [1.807, 2.05) is 17.5 Å². The standard InChI is InChI=1S/C19H19N3O4S/c1-2-21(11-16(23)20-10-13-6-5-9-27-13)17(24)12-22-15-8-4-3-7-14(15)18(25)19(22)26/h3-9H,2,10-12H2,1H3,(H,20,23). The van der Waals surface area contributed by atoms with Crippen molar-refractivity contribution in [3.63, 3.8) is 0 Å². The third kappa shape index (κ3) is 4.06. The molecule has 0 aliphatic carbocycles. The summed E-state index contributed by atoms with van der Waals surface area (Å²) in [7, 11) is 0. The minimum Gasteiger partial charge on any atom is -0.350 e. The molecule has 0 spiro atoms. The maximum absolute atomic E-state index is 12.6. The van der Waals surface area contributed by atoms with Crippen LogP contribution in [0.3, 0.4) is 0 Å². The van der Waals surface area contributed by atoms with Gasteiger partial charge >= 0.3 is 0 Å². The van der Waals surface area contributed by atoms with E-state index in [0.717, 1.165) is 4.88 Å². The Morgan fingerprint density at radius 3 is 2.63 bits per heavy atom. The number of nitrogens with zero attached hydrogens (tertiary/aromatic N) is 2. The fourth-order valence-corrected chi connectivity index (χ4v) is 3.49. The number of nitrogens with one attached hydrogen (secondary N) is 1. The minimum atomic E-state index is -0.720. The first-order valence-electron chi connectivity index (χ1n) is 8.53. The lowest BCUT2D eigenvalue weighted by Crippen LogP contribution is -2.46. The molecule has 0 saturated carbocycles. The van der Waals surface area contributed by atoms with Gasteiger partial charge in [0, 0.05) is 11.4 Å². The zero-order valence-electron chi connectivity index (χ0n) is 14.8. The van der Waals surface area contributed by atoms with Crippen LogP contribution in [0.4, 0.5) is 5.69 Å². The zero-order chi connectivity index (χ0) is 19.4. The van der Waals surface area contributed by atoms with Crippen LogP contribution < -0.4 is 10.2 Å². The molecule has 1 aliphatic heterocycles. The molecule has 140 valence electrons. The van der Waals surface area contributed by atoms with Gasteiger partial charge in [0.2, 0.25) is 11.8 Å². The van der Waals surface area contributed by atoms with Gasteiger partial charge < -0.3 is 10.2 Å². The van der Waals surface area contributed by atoms with E-state index in [-0.39, 0.29) is 24.9 Å². The number of fused-ring (bicyclic) bond motifs is 1. The van der Waals surface area contributed by atoms with Gasteiger partial charge in [-0.2, -0.15) is 0 Å². The summed E-state index contributed by atoms with van der Waals surface area (Å²) in [5.74, 6) is -2.00. The molecule has 1 N–H and O–H groups in total. The number of hydrogen-bond donors (Lipinski definition) is 1. The third-order valence-corrected chi connectivity index (χ3v) is 5.16. The van der Waals surface area contributed by atoms with Crippen LogP contribution in [0.1, 0.15) is 22.2 Å². The molecule has 2 aromatic rings. The Labute approximate surface area is 160 Å². The molecule has 1 aromatic carbocycles. The highest BCUT2D eigenvalue weighted by Crippen LogP contribution is 2.28. The molecule has 0 unspecified atom stereocenters. The second-order valence-electron chi connectivity index (χ2n) is 6.00. The van der Waals surface area contributed by atoms with Crippen molar-refractivity contribution in [2.24, 2.45) is 0 Å². The predicted octanol–water partition coefficient (Wildman–Crippen LogP) is 1.44. The van der Waals surface area contributed by atoms with Crippen molar-refractivity contribution < 1.29 is 19.2 Å². The van der Waals surface area contributed by atoms with E-state index in [9.17, 15) is 19.2 Å². The second kappa shape index (κ2) is 8.13. The zero-order valence-corrected chi connectivity index (χ0v) is 15.6. The van der Waals surface area contributed by atoms with Crippen LogP contribution in [0.2, 0.25) is 0 Å². The first kappa shape index (κ1) is 18.8. The van der Waals surface area contributed by atoms with Gasteiger partial charge in [-0.1, -0.05) is 18.2 Å². The number of benzene rings is 1. The molecule has 1 aliphatic rings.